The summed E-state index contributed by atoms with van der Waals surface area (Å²) < 4.78 is 68.4. The first-order valence-electron chi connectivity index (χ1n) is 41.5. The Bertz CT molecular complexity index is 2000. The average Bonchev–Trinajstić information content (AvgIpc) is 0.930. The van der Waals surface area contributed by atoms with E-state index in [1.54, 1.807) is 0 Å². The lowest BCUT2D eigenvalue weighted by Crippen LogP contribution is -2.30. The monoisotopic (exact) mass is 1460 g/mol. The molecule has 0 aliphatic heterocycles. The molecular formula is C81H154O17P2. The van der Waals surface area contributed by atoms with E-state index in [1.165, 1.54) is 212 Å². The van der Waals surface area contributed by atoms with E-state index >= 15 is 0 Å². The summed E-state index contributed by atoms with van der Waals surface area (Å²) in [5.41, 5.74) is 0. The minimum atomic E-state index is -4.96. The fourth-order valence-electron chi connectivity index (χ4n) is 12.0. The quantitative estimate of drug-likeness (QED) is 0.0169. The van der Waals surface area contributed by atoms with Gasteiger partial charge in [-0.1, -0.05) is 354 Å². The predicted molar refractivity (Wildman–Crippen MR) is 409 cm³/mol. The van der Waals surface area contributed by atoms with Gasteiger partial charge in [0.2, 0.25) is 0 Å². The Kier molecular flexibility index (Phi) is 71.6. The number of phosphoric acid groups is 2. The first kappa shape index (κ1) is 97.5. The van der Waals surface area contributed by atoms with Crippen LogP contribution in [-0.2, 0) is 65.4 Å². The minimum absolute atomic E-state index is 0.0845. The molecule has 0 aliphatic rings. The lowest BCUT2D eigenvalue weighted by atomic mass is 10.0. The molecule has 590 valence electrons. The van der Waals surface area contributed by atoms with Gasteiger partial charge in [-0.3, -0.25) is 37.3 Å². The van der Waals surface area contributed by atoms with Crippen LogP contribution in [-0.4, -0.2) is 96.7 Å². The van der Waals surface area contributed by atoms with Gasteiger partial charge in [0.1, 0.15) is 19.3 Å². The fourth-order valence-corrected chi connectivity index (χ4v) is 13.6. The number of hydrogen-bond acceptors (Lipinski definition) is 15. The molecule has 0 fully saturated rings. The van der Waals surface area contributed by atoms with Crippen LogP contribution in [0.3, 0.4) is 0 Å². The summed E-state index contributed by atoms with van der Waals surface area (Å²) in [4.78, 5) is 72.7. The molecule has 0 bridgehead atoms. The number of allylic oxidation sites excluding steroid dienone is 4. The third kappa shape index (κ3) is 73.8. The van der Waals surface area contributed by atoms with Gasteiger partial charge in [-0.15, -0.1) is 0 Å². The maximum atomic E-state index is 13.1. The molecule has 0 aromatic rings. The molecule has 19 heteroatoms. The third-order valence-corrected chi connectivity index (χ3v) is 20.3. The highest BCUT2D eigenvalue weighted by atomic mass is 31.2. The van der Waals surface area contributed by atoms with Gasteiger partial charge in [-0.05, 0) is 57.3 Å². The maximum absolute atomic E-state index is 13.1. The summed E-state index contributed by atoms with van der Waals surface area (Å²) in [7, 11) is -9.92. The zero-order valence-corrected chi connectivity index (χ0v) is 66.6. The summed E-state index contributed by atoms with van der Waals surface area (Å²) in [5.74, 6) is -1.34. The molecule has 0 spiro atoms. The van der Waals surface area contributed by atoms with E-state index in [0.29, 0.717) is 25.7 Å². The normalized spacial score (nSPS) is 14.0. The molecule has 3 N–H and O–H groups in total. The van der Waals surface area contributed by atoms with Gasteiger partial charge < -0.3 is 33.8 Å². The molecule has 0 saturated heterocycles. The lowest BCUT2D eigenvalue weighted by molar-refractivity contribution is -0.161. The van der Waals surface area contributed by atoms with Gasteiger partial charge in [0.05, 0.1) is 26.4 Å². The summed E-state index contributed by atoms with van der Waals surface area (Å²) in [6.45, 7) is 7.20. The molecule has 0 aromatic heterocycles. The van der Waals surface area contributed by atoms with Gasteiger partial charge in [-0.25, -0.2) is 9.13 Å². The van der Waals surface area contributed by atoms with Crippen molar-refractivity contribution in [1.29, 1.82) is 0 Å². The summed E-state index contributed by atoms with van der Waals surface area (Å²) >= 11 is 0. The van der Waals surface area contributed by atoms with Crippen molar-refractivity contribution < 1.29 is 80.2 Å². The molecule has 2 unspecified atom stereocenters. The van der Waals surface area contributed by atoms with Crippen LogP contribution in [0.1, 0.15) is 407 Å². The number of ether oxygens (including phenoxy) is 4. The second kappa shape index (κ2) is 73.4. The van der Waals surface area contributed by atoms with Crippen LogP contribution in [0.15, 0.2) is 24.3 Å². The maximum Gasteiger partial charge on any atom is 0.472 e. The molecule has 0 aliphatic carbocycles. The molecule has 0 saturated carbocycles. The summed E-state index contributed by atoms with van der Waals surface area (Å²) in [5, 5.41) is 10.6. The Morgan fingerprint density at radius 1 is 0.310 bits per heavy atom. The molecule has 0 radical (unpaired) electrons. The number of hydrogen-bond donors (Lipinski definition) is 3. The SMILES string of the molecule is CCCCCC/C=C\C=C/CCCCCCCC(=O)O[C@H](COC(=O)CCCCCCC)COP(=O)(O)OC[C@H](O)COP(=O)(O)OC[C@@H](COC(=O)CCCCCCCCCCCCCCCCCCC(C)C)OC(=O)CCCCCCCCCCCCCCCCCCCCCCC. The van der Waals surface area contributed by atoms with E-state index < -0.39 is 97.5 Å². The molecule has 17 nitrogen and oxygen atoms in total. The Hall–Kier alpha value is -2.46. The topological polar surface area (TPSA) is 237 Å². The third-order valence-electron chi connectivity index (χ3n) is 18.4. The highest BCUT2D eigenvalue weighted by Crippen LogP contribution is 2.45. The van der Waals surface area contributed by atoms with Crippen LogP contribution in [0.5, 0.6) is 0 Å². The van der Waals surface area contributed by atoms with Crippen LogP contribution < -0.4 is 0 Å². The van der Waals surface area contributed by atoms with Crippen molar-refractivity contribution in [3.8, 4) is 0 Å². The summed E-state index contributed by atoms with van der Waals surface area (Å²) in [6, 6.07) is 0. The van der Waals surface area contributed by atoms with Crippen LogP contribution >= 0.6 is 15.6 Å². The van der Waals surface area contributed by atoms with E-state index in [-0.39, 0.29) is 25.7 Å². The van der Waals surface area contributed by atoms with Crippen molar-refractivity contribution >= 4 is 39.5 Å². The number of aliphatic hydroxyl groups is 1. The van der Waals surface area contributed by atoms with Gasteiger partial charge in [-0.2, -0.15) is 0 Å². The van der Waals surface area contributed by atoms with Crippen molar-refractivity contribution in [1.82, 2.24) is 0 Å². The first-order chi connectivity index (χ1) is 48.5. The van der Waals surface area contributed by atoms with Gasteiger partial charge >= 0.3 is 39.5 Å². The number of carbonyl (C=O) groups is 4. The Morgan fingerprint density at radius 3 is 0.820 bits per heavy atom. The van der Waals surface area contributed by atoms with E-state index in [4.69, 9.17) is 37.0 Å². The molecule has 0 rings (SSSR count). The van der Waals surface area contributed by atoms with Crippen molar-refractivity contribution in [2.45, 2.75) is 425 Å². The molecular weight excluding hydrogens is 1310 g/mol. The van der Waals surface area contributed by atoms with E-state index in [1.807, 2.05) is 0 Å². The second-order valence-electron chi connectivity index (χ2n) is 29.0. The fraction of sp³-hybridized carbons (Fsp3) is 0.901. The molecule has 100 heavy (non-hydrogen) atoms. The second-order valence-corrected chi connectivity index (χ2v) is 31.9. The van der Waals surface area contributed by atoms with Crippen molar-refractivity contribution in [2.24, 2.45) is 5.92 Å². The zero-order valence-electron chi connectivity index (χ0n) is 64.8. The van der Waals surface area contributed by atoms with E-state index in [2.05, 4.69) is 58.9 Å². The Morgan fingerprint density at radius 2 is 0.540 bits per heavy atom. The minimum Gasteiger partial charge on any atom is -0.462 e. The van der Waals surface area contributed by atoms with Crippen molar-refractivity contribution in [2.75, 3.05) is 39.6 Å². The molecule has 0 heterocycles. The number of phosphoric ester groups is 2. The van der Waals surface area contributed by atoms with Crippen LogP contribution in [0, 0.1) is 5.92 Å². The van der Waals surface area contributed by atoms with Crippen molar-refractivity contribution in [3.05, 3.63) is 24.3 Å². The van der Waals surface area contributed by atoms with Crippen LogP contribution in [0.4, 0.5) is 0 Å². The van der Waals surface area contributed by atoms with Gasteiger partial charge in [0.15, 0.2) is 12.2 Å². The standard InChI is InChI=1S/C81H154O17P2/c1-6-9-12-15-17-19-21-23-25-26-27-28-29-30-36-40-44-48-52-57-62-67-81(86)98-77(71-92-79(84)65-60-55-50-46-42-38-35-32-31-34-37-41-45-49-54-58-63-74(4)5)73-96-100(89,90)94-69-75(82)68-93-99(87,88)95-72-76(70-91-78(83)64-59-53-14-11-8-3)97-80(85)66-61-56-51-47-43-39-33-24-22-20-18-16-13-10-7-2/h20,22,24,33,74-77,82H,6-19,21,23,25-32,34-73H2,1-5H3,(H,87,88)(H,89,90)/b22-20-,33-24-/t75-,76+,77+/m0/s1. The largest absolute Gasteiger partial charge is 0.472 e. The van der Waals surface area contributed by atoms with Crippen LogP contribution in [0.25, 0.3) is 0 Å². The lowest BCUT2D eigenvalue weighted by Gasteiger charge is -2.21. The molecule has 0 amide bonds. The molecule has 0 aromatic carbocycles. The van der Waals surface area contributed by atoms with Crippen molar-refractivity contribution in [3.63, 3.8) is 0 Å². The number of rotatable bonds is 79. The van der Waals surface area contributed by atoms with Gasteiger partial charge in [0.25, 0.3) is 0 Å². The predicted octanol–water partition coefficient (Wildman–Crippen LogP) is 24.0. The van der Waals surface area contributed by atoms with E-state index in [0.717, 1.165) is 115 Å². The highest BCUT2D eigenvalue weighted by Gasteiger charge is 2.30. The average molecular weight is 1460 g/mol. The first-order valence-corrected chi connectivity index (χ1v) is 44.4. The smallest absolute Gasteiger partial charge is 0.462 e. The number of aliphatic hydroxyl groups excluding tert-OH is 1. The Balaban J connectivity index is 5.14. The number of esters is 4. The molecule has 5 atom stereocenters. The number of carbonyl (C=O) groups excluding carboxylic acids is 4. The zero-order chi connectivity index (χ0) is 73.4. The van der Waals surface area contributed by atoms with E-state index in [9.17, 15) is 43.2 Å². The number of unbranched alkanes of at least 4 members (excludes halogenated alkanes) is 48. The summed E-state index contributed by atoms with van der Waals surface area (Å²) in [6.07, 6.45) is 68.0. The Labute approximate surface area is 612 Å². The van der Waals surface area contributed by atoms with Gasteiger partial charge in [0, 0.05) is 25.7 Å². The van der Waals surface area contributed by atoms with Crippen LogP contribution in [0.2, 0.25) is 0 Å². The highest BCUT2D eigenvalue weighted by molar-refractivity contribution is 7.47.